The van der Waals surface area contributed by atoms with E-state index in [-0.39, 0.29) is 16.9 Å². The van der Waals surface area contributed by atoms with E-state index >= 15 is 0 Å². The summed E-state index contributed by atoms with van der Waals surface area (Å²) in [6, 6.07) is 3.28. The van der Waals surface area contributed by atoms with E-state index in [9.17, 15) is 28.3 Å². The number of aromatic carboxylic acids is 1. The summed E-state index contributed by atoms with van der Waals surface area (Å²) in [6.07, 6.45) is 0. The van der Waals surface area contributed by atoms with Crippen molar-refractivity contribution < 1.29 is 43.2 Å². The first-order valence-corrected chi connectivity index (χ1v) is 7.37. The number of hydrogen-bond donors (Lipinski definition) is 5. The number of carboxylic acid groups (broad SMARTS) is 1. The third-order valence-corrected chi connectivity index (χ3v) is 3.15. The van der Waals surface area contributed by atoms with Crippen molar-refractivity contribution >= 4 is 29.2 Å². The number of halogens is 2. The summed E-state index contributed by atoms with van der Waals surface area (Å²) >= 11 is 0. The lowest BCUT2D eigenvalue weighted by Gasteiger charge is -2.07. The van der Waals surface area contributed by atoms with E-state index in [0.717, 1.165) is 25.3 Å². The SMILES string of the molecule is COC(=O)c1cc(F)c(NC(C)=O)cc1O.Nc1cc(O)c(C(=O)O)cc1F. The molecule has 0 aliphatic heterocycles. The fraction of sp³-hybridized carbons (Fsp3) is 0.118. The summed E-state index contributed by atoms with van der Waals surface area (Å²) in [6.45, 7) is 1.20. The Morgan fingerprint density at radius 1 is 1.00 bits per heavy atom. The molecule has 0 radical (unpaired) electrons. The number of methoxy groups -OCH3 is 1. The molecule has 2 aromatic carbocycles. The van der Waals surface area contributed by atoms with Crippen molar-refractivity contribution in [3.63, 3.8) is 0 Å². The molecular weight excluding hydrogens is 382 g/mol. The third-order valence-electron chi connectivity index (χ3n) is 3.15. The molecule has 1 amide bonds. The minimum Gasteiger partial charge on any atom is -0.507 e. The van der Waals surface area contributed by atoms with Crippen molar-refractivity contribution in [3.8, 4) is 11.5 Å². The zero-order valence-electron chi connectivity index (χ0n) is 14.6. The molecule has 0 heterocycles. The number of carboxylic acids is 1. The normalized spacial score (nSPS) is 9.71. The first-order valence-electron chi connectivity index (χ1n) is 7.37. The highest BCUT2D eigenvalue weighted by molar-refractivity contribution is 5.95. The summed E-state index contributed by atoms with van der Waals surface area (Å²) in [5, 5.41) is 29.0. The largest absolute Gasteiger partial charge is 0.507 e. The second-order valence-corrected chi connectivity index (χ2v) is 5.22. The lowest BCUT2D eigenvalue weighted by Crippen LogP contribution is -2.09. The highest BCUT2D eigenvalue weighted by atomic mass is 19.1. The van der Waals surface area contributed by atoms with Crippen LogP contribution in [0.2, 0.25) is 0 Å². The van der Waals surface area contributed by atoms with Crippen molar-refractivity contribution in [2.45, 2.75) is 6.92 Å². The molecule has 0 saturated carbocycles. The summed E-state index contributed by atoms with van der Waals surface area (Å²) < 4.78 is 30.3. The van der Waals surface area contributed by atoms with Crippen LogP contribution in [0, 0.1) is 11.6 Å². The van der Waals surface area contributed by atoms with E-state index in [1.165, 1.54) is 6.92 Å². The van der Waals surface area contributed by atoms with E-state index in [2.05, 4.69) is 10.1 Å². The van der Waals surface area contributed by atoms with E-state index in [1.807, 2.05) is 0 Å². The first-order chi connectivity index (χ1) is 13.0. The molecule has 2 rings (SSSR count). The number of amides is 1. The van der Waals surface area contributed by atoms with Crippen molar-refractivity contribution in [2.75, 3.05) is 18.2 Å². The predicted molar refractivity (Wildman–Crippen MR) is 93.1 cm³/mol. The fourth-order valence-electron chi connectivity index (χ4n) is 1.87. The molecule has 150 valence electrons. The zero-order chi connectivity index (χ0) is 21.6. The maximum atomic E-state index is 13.4. The van der Waals surface area contributed by atoms with Gasteiger partial charge in [-0.2, -0.15) is 0 Å². The van der Waals surface area contributed by atoms with Gasteiger partial charge in [-0.05, 0) is 12.1 Å². The van der Waals surface area contributed by atoms with Crippen LogP contribution >= 0.6 is 0 Å². The molecular formula is C17H16F2N2O7. The molecule has 28 heavy (non-hydrogen) atoms. The molecule has 0 aliphatic carbocycles. The fourth-order valence-corrected chi connectivity index (χ4v) is 1.87. The van der Waals surface area contributed by atoms with E-state index in [4.69, 9.17) is 15.9 Å². The van der Waals surface area contributed by atoms with Crippen LogP contribution in [0.25, 0.3) is 0 Å². The molecule has 9 nitrogen and oxygen atoms in total. The summed E-state index contributed by atoms with van der Waals surface area (Å²) in [4.78, 5) is 32.1. The monoisotopic (exact) mass is 398 g/mol. The summed E-state index contributed by atoms with van der Waals surface area (Å²) in [5.74, 6) is -5.42. The van der Waals surface area contributed by atoms with Crippen molar-refractivity contribution in [3.05, 3.63) is 47.0 Å². The lowest BCUT2D eigenvalue weighted by molar-refractivity contribution is -0.114. The number of phenols is 2. The average molecular weight is 398 g/mol. The van der Waals surface area contributed by atoms with Crippen molar-refractivity contribution in [1.82, 2.24) is 0 Å². The summed E-state index contributed by atoms with van der Waals surface area (Å²) in [5.41, 5.74) is 3.79. The maximum absolute atomic E-state index is 13.4. The molecule has 2 aromatic rings. The van der Waals surface area contributed by atoms with Gasteiger partial charge >= 0.3 is 11.9 Å². The van der Waals surface area contributed by atoms with Gasteiger partial charge < -0.3 is 31.1 Å². The van der Waals surface area contributed by atoms with Gasteiger partial charge in [-0.15, -0.1) is 0 Å². The molecule has 0 bridgehead atoms. The molecule has 0 atom stereocenters. The number of nitrogens with one attached hydrogen (secondary N) is 1. The summed E-state index contributed by atoms with van der Waals surface area (Å²) in [7, 11) is 1.11. The minimum absolute atomic E-state index is 0.197. The van der Waals surface area contributed by atoms with Crippen LogP contribution in [-0.4, -0.2) is 40.3 Å². The Labute approximate surface area is 157 Å². The standard InChI is InChI=1S/C10H10FNO4.C7H6FNO3/c1-5(13)12-8-4-9(14)6(3-7(8)11)10(15)16-2;8-4-1-3(7(11)12)6(10)2-5(4)9/h3-4,14H,1-2H3,(H,12,13);1-2,10H,9H2,(H,11,12). The van der Waals surface area contributed by atoms with Gasteiger partial charge in [0.25, 0.3) is 0 Å². The number of benzene rings is 2. The average Bonchev–Trinajstić information content (AvgIpc) is 2.60. The quantitative estimate of drug-likeness (QED) is 0.388. The smallest absolute Gasteiger partial charge is 0.341 e. The number of carbonyl (C=O) groups excluding carboxylic acids is 2. The Kier molecular flexibility index (Phi) is 7.25. The number of rotatable bonds is 3. The molecule has 0 fully saturated rings. The number of anilines is 2. The minimum atomic E-state index is -1.40. The second kappa shape index (κ2) is 9.16. The number of aromatic hydroxyl groups is 2. The Morgan fingerprint density at radius 3 is 2.04 bits per heavy atom. The maximum Gasteiger partial charge on any atom is 0.341 e. The van der Waals surface area contributed by atoms with Gasteiger partial charge in [0, 0.05) is 19.1 Å². The lowest BCUT2D eigenvalue weighted by atomic mass is 10.1. The van der Waals surface area contributed by atoms with E-state index in [0.29, 0.717) is 6.07 Å². The Hall–Kier alpha value is -3.89. The van der Waals surface area contributed by atoms with E-state index < -0.39 is 46.5 Å². The zero-order valence-corrected chi connectivity index (χ0v) is 14.6. The van der Waals surface area contributed by atoms with E-state index in [1.54, 1.807) is 0 Å². The van der Waals surface area contributed by atoms with Gasteiger partial charge in [-0.3, -0.25) is 4.79 Å². The van der Waals surface area contributed by atoms with Gasteiger partial charge in [-0.1, -0.05) is 0 Å². The number of nitrogen functional groups attached to an aromatic ring is 1. The van der Waals surface area contributed by atoms with Crippen LogP contribution < -0.4 is 11.1 Å². The van der Waals surface area contributed by atoms with Gasteiger partial charge in [-0.25, -0.2) is 18.4 Å². The highest BCUT2D eigenvalue weighted by Crippen LogP contribution is 2.26. The Bertz CT molecular complexity index is 932. The molecule has 0 aromatic heterocycles. The predicted octanol–water partition coefficient (Wildman–Crippen LogP) is 2.09. The van der Waals surface area contributed by atoms with Crippen molar-refractivity contribution in [1.29, 1.82) is 0 Å². The van der Waals surface area contributed by atoms with Gasteiger partial charge in [0.15, 0.2) is 0 Å². The van der Waals surface area contributed by atoms with Crippen LogP contribution in [0.15, 0.2) is 24.3 Å². The number of esters is 1. The van der Waals surface area contributed by atoms with Crippen LogP contribution in [-0.2, 0) is 9.53 Å². The van der Waals surface area contributed by atoms with Crippen LogP contribution in [0.1, 0.15) is 27.6 Å². The number of carbonyl (C=O) groups is 3. The second-order valence-electron chi connectivity index (χ2n) is 5.22. The van der Waals surface area contributed by atoms with Gasteiger partial charge in [0.2, 0.25) is 5.91 Å². The Balaban J connectivity index is 0.000000292. The number of nitrogens with two attached hydrogens (primary N) is 1. The van der Waals surface area contributed by atoms with Crippen molar-refractivity contribution in [2.24, 2.45) is 0 Å². The van der Waals surface area contributed by atoms with Crippen LogP contribution in [0.3, 0.4) is 0 Å². The number of ether oxygens (including phenoxy) is 1. The first kappa shape index (κ1) is 22.2. The third kappa shape index (κ3) is 5.56. The topological polar surface area (TPSA) is 159 Å². The Morgan fingerprint density at radius 2 is 1.54 bits per heavy atom. The molecule has 0 spiro atoms. The molecule has 0 saturated heterocycles. The number of hydrogen-bond acceptors (Lipinski definition) is 7. The molecule has 0 aliphatic rings. The van der Waals surface area contributed by atoms with Crippen LogP contribution in [0.5, 0.6) is 11.5 Å². The molecule has 0 unspecified atom stereocenters. The van der Waals surface area contributed by atoms with Crippen LogP contribution in [0.4, 0.5) is 20.2 Å². The molecule has 6 N–H and O–H groups in total. The highest BCUT2D eigenvalue weighted by Gasteiger charge is 2.16. The molecule has 11 heteroatoms. The van der Waals surface area contributed by atoms with Gasteiger partial charge in [0.05, 0.1) is 18.5 Å². The van der Waals surface area contributed by atoms with Gasteiger partial charge in [0.1, 0.15) is 34.3 Å². The number of phenolic OH excluding ortho intramolecular Hbond substituents is 1.